The first-order valence-corrected chi connectivity index (χ1v) is 5.24. The fourth-order valence-electron chi connectivity index (χ4n) is 1.94. The first kappa shape index (κ1) is 10.2. The Bertz CT molecular complexity index is 344. The van der Waals surface area contributed by atoms with E-state index < -0.39 is 0 Å². The molecule has 0 radical (unpaired) electrons. The molecule has 5 heteroatoms. The largest absolute Gasteiger partial charge is 0.396 e. The van der Waals surface area contributed by atoms with Gasteiger partial charge in [-0.2, -0.15) is 5.10 Å². The Morgan fingerprint density at radius 1 is 1.27 bits per heavy atom. The SMILES string of the molecule is CN1CCC(c2cc(N)c(N)nn2)CC1. The Balaban J connectivity index is 2.12. The first-order valence-electron chi connectivity index (χ1n) is 5.24. The van der Waals surface area contributed by atoms with Crippen molar-refractivity contribution >= 4 is 11.5 Å². The van der Waals surface area contributed by atoms with E-state index >= 15 is 0 Å². The van der Waals surface area contributed by atoms with Gasteiger partial charge in [0.25, 0.3) is 0 Å². The maximum absolute atomic E-state index is 5.72. The normalized spacial score (nSPS) is 19.3. The summed E-state index contributed by atoms with van der Waals surface area (Å²) in [5.41, 5.74) is 12.8. The zero-order valence-electron chi connectivity index (χ0n) is 8.98. The Hall–Kier alpha value is -1.36. The summed E-state index contributed by atoms with van der Waals surface area (Å²) < 4.78 is 0. The summed E-state index contributed by atoms with van der Waals surface area (Å²) in [5.74, 6) is 0.809. The number of nitrogen functional groups attached to an aromatic ring is 2. The van der Waals surface area contributed by atoms with Crippen molar-refractivity contribution in [1.29, 1.82) is 0 Å². The van der Waals surface area contributed by atoms with Crippen molar-refractivity contribution in [2.24, 2.45) is 0 Å². The summed E-state index contributed by atoms with van der Waals surface area (Å²) in [5, 5.41) is 7.98. The lowest BCUT2D eigenvalue weighted by molar-refractivity contribution is 0.253. The maximum atomic E-state index is 5.72. The van der Waals surface area contributed by atoms with Crippen LogP contribution in [0.25, 0.3) is 0 Å². The lowest BCUT2D eigenvalue weighted by Gasteiger charge is -2.28. The molecule has 5 nitrogen and oxygen atoms in total. The van der Waals surface area contributed by atoms with E-state index in [9.17, 15) is 0 Å². The van der Waals surface area contributed by atoms with Crippen molar-refractivity contribution in [2.45, 2.75) is 18.8 Å². The fraction of sp³-hybridized carbons (Fsp3) is 0.600. The summed E-state index contributed by atoms with van der Waals surface area (Å²) in [6.07, 6.45) is 2.24. The van der Waals surface area contributed by atoms with E-state index in [1.54, 1.807) is 0 Å². The Labute approximate surface area is 89.5 Å². The molecule has 0 atom stereocenters. The predicted octanol–water partition coefficient (Wildman–Crippen LogP) is 0.450. The highest BCUT2D eigenvalue weighted by atomic mass is 15.2. The lowest BCUT2D eigenvalue weighted by atomic mass is 9.93. The van der Waals surface area contributed by atoms with Crippen molar-refractivity contribution < 1.29 is 0 Å². The highest BCUT2D eigenvalue weighted by Crippen LogP contribution is 2.27. The van der Waals surface area contributed by atoms with Crippen LogP contribution in [0.4, 0.5) is 11.5 Å². The summed E-state index contributed by atoms with van der Waals surface area (Å²) >= 11 is 0. The third kappa shape index (κ3) is 2.18. The van der Waals surface area contributed by atoms with Gasteiger partial charge < -0.3 is 16.4 Å². The third-order valence-corrected chi connectivity index (χ3v) is 3.01. The smallest absolute Gasteiger partial charge is 0.169 e. The van der Waals surface area contributed by atoms with Crippen LogP contribution in [0.1, 0.15) is 24.5 Å². The van der Waals surface area contributed by atoms with Gasteiger partial charge >= 0.3 is 0 Å². The van der Waals surface area contributed by atoms with Crippen molar-refractivity contribution in [3.8, 4) is 0 Å². The topological polar surface area (TPSA) is 81.1 Å². The minimum Gasteiger partial charge on any atom is -0.396 e. The van der Waals surface area contributed by atoms with Gasteiger partial charge in [0.05, 0.1) is 11.4 Å². The molecule has 82 valence electrons. The monoisotopic (exact) mass is 207 g/mol. The molecule has 4 N–H and O–H groups in total. The van der Waals surface area contributed by atoms with Gasteiger partial charge in [-0.3, -0.25) is 0 Å². The number of hydrogen-bond donors (Lipinski definition) is 2. The molecular formula is C10H17N5. The molecule has 15 heavy (non-hydrogen) atoms. The van der Waals surface area contributed by atoms with E-state index in [4.69, 9.17) is 11.5 Å². The predicted molar refractivity (Wildman–Crippen MR) is 60.3 cm³/mol. The molecule has 1 aromatic rings. The summed E-state index contributed by atoms with van der Waals surface area (Å²) in [4.78, 5) is 2.32. The van der Waals surface area contributed by atoms with E-state index in [1.807, 2.05) is 6.07 Å². The number of anilines is 2. The van der Waals surface area contributed by atoms with Gasteiger partial charge in [0.2, 0.25) is 0 Å². The average Bonchev–Trinajstić information content (AvgIpc) is 2.23. The number of hydrogen-bond acceptors (Lipinski definition) is 5. The molecule has 1 aliphatic rings. The fourth-order valence-corrected chi connectivity index (χ4v) is 1.94. The molecule has 2 rings (SSSR count). The standard InChI is InChI=1S/C10H17N5/c1-15-4-2-7(3-5-15)9-6-8(11)10(12)14-13-9/h6-7H,2-5H2,1H3,(H2,11,13)(H2,12,14). The van der Waals surface area contributed by atoms with Crippen LogP contribution in [-0.4, -0.2) is 35.2 Å². The van der Waals surface area contributed by atoms with Crippen molar-refractivity contribution in [3.05, 3.63) is 11.8 Å². The molecule has 0 aliphatic carbocycles. The van der Waals surface area contributed by atoms with Gasteiger partial charge in [-0.15, -0.1) is 5.10 Å². The molecule has 1 fully saturated rings. The Morgan fingerprint density at radius 2 is 1.93 bits per heavy atom. The van der Waals surface area contributed by atoms with E-state index in [0.29, 0.717) is 17.4 Å². The number of piperidine rings is 1. The van der Waals surface area contributed by atoms with Crippen molar-refractivity contribution in [2.75, 3.05) is 31.6 Å². The quantitative estimate of drug-likeness (QED) is 0.698. The molecule has 1 aromatic heterocycles. The van der Waals surface area contributed by atoms with Gasteiger partial charge in [-0.25, -0.2) is 0 Å². The van der Waals surface area contributed by atoms with E-state index in [1.165, 1.54) is 0 Å². The zero-order chi connectivity index (χ0) is 10.8. The van der Waals surface area contributed by atoms with Gasteiger partial charge in [0.1, 0.15) is 0 Å². The maximum Gasteiger partial charge on any atom is 0.169 e. The van der Waals surface area contributed by atoms with Gasteiger partial charge in [0.15, 0.2) is 5.82 Å². The molecule has 1 saturated heterocycles. The molecule has 0 amide bonds. The zero-order valence-corrected chi connectivity index (χ0v) is 8.98. The van der Waals surface area contributed by atoms with Gasteiger partial charge in [-0.05, 0) is 39.0 Å². The van der Waals surface area contributed by atoms with Crippen LogP contribution in [0.3, 0.4) is 0 Å². The van der Waals surface area contributed by atoms with Crippen molar-refractivity contribution in [3.63, 3.8) is 0 Å². The van der Waals surface area contributed by atoms with Crippen LogP contribution in [0.2, 0.25) is 0 Å². The third-order valence-electron chi connectivity index (χ3n) is 3.01. The Kier molecular flexibility index (Phi) is 2.73. The van der Waals surface area contributed by atoms with E-state index in [2.05, 4.69) is 22.1 Å². The number of rotatable bonds is 1. The first-order chi connectivity index (χ1) is 7.16. The number of likely N-dealkylation sites (tertiary alicyclic amines) is 1. The molecule has 0 bridgehead atoms. The van der Waals surface area contributed by atoms with Crippen LogP contribution in [-0.2, 0) is 0 Å². The second-order valence-corrected chi connectivity index (χ2v) is 4.19. The molecule has 0 spiro atoms. The molecule has 2 heterocycles. The van der Waals surface area contributed by atoms with Gasteiger partial charge in [0, 0.05) is 5.92 Å². The molecule has 0 unspecified atom stereocenters. The summed E-state index contributed by atoms with van der Waals surface area (Å²) in [7, 11) is 2.14. The van der Waals surface area contributed by atoms with Crippen LogP contribution in [0, 0.1) is 0 Å². The van der Waals surface area contributed by atoms with E-state index in [-0.39, 0.29) is 0 Å². The molecule has 0 aromatic carbocycles. The summed E-state index contributed by atoms with van der Waals surface area (Å²) in [6.45, 7) is 2.22. The minimum absolute atomic E-state index is 0.326. The molecular weight excluding hydrogens is 190 g/mol. The van der Waals surface area contributed by atoms with Crippen LogP contribution < -0.4 is 11.5 Å². The average molecular weight is 207 g/mol. The summed E-state index contributed by atoms with van der Waals surface area (Å²) in [6, 6.07) is 1.86. The van der Waals surface area contributed by atoms with Crippen LogP contribution in [0.5, 0.6) is 0 Å². The van der Waals surface area contributed by atoms with Crippen molar-refractivity contribution in [1.82, 2.24) is 15.1 Å². The van der Waals surface area contributed by atoms with Crippen LogP contribution >= 0.6 is 0 Å². The molecule has 0 saturated carbocycles. The second-order valence-electron chi connectivity index (χ2n) is 4.19. The minimum atomic E-state index is 0.326. The highest BCUT2D eigenvalue weighted by molar-refractivity contribution is 5.57. The highest BCUT2D eigenvalue weighted by Gasteiger charge is 2.20. The number of nitrogens with two attached hydrogens (primary N) is 2. The Morgan fingerprint density at radius 3 is 2.53 bits per heavy atom. The number of nitrogens with zero attached hydrogens (tertiary/aromatic N) is 3. The second kappa shape index (κ2) is 4.02. The van der Waals surface area contributed by atoms with Gasteiger partial charge in [-0.1, -0.05) is 0 Å². The number of aromatic nitrogens is 2. The van der Waals surface area contributed by atoms with Crippen LogP contribution in [0.15, 0.2) is 6.07 Å². The molecule has 1 aliphatic heterocycles. The lowest BCUT2D eigenvalue weighted by Crippen LogP contribution is -2.29. The van der Waals surface area contributed by atoms with E-state index in [0.717, 1.165) is 31.6 Å².